The van der Waals surface area contributed by atoms with Gasteiger partial charge in [0.25, 0.3) is 0 Å². The van der Waals surface area contributed by atoms with Crippen LogP contribution in [0, 0.1) is 5.82 Å². The second-order valence-electron chi connectivity index (χ2n) is 4.65. The predicted octanol–water partition coefficient (Wildman–Crippen LogP) is 1.48. The molecule has 0 radical (unpaired) electrons. The molecule has 0 saturated heterocycles. The summed E-state index contributed by atoms with van der Waals surface area (Å²) >= 11 is 0. The van der Waals surface area contributed by atoms with E-state index in [1.807, 2.05) is 5.32 Å². The maximum Gasteiger partial charge on any atom is 0.407 e. The first-order chi connectivity index (χ1) is 9.90. The number of carbonyl (C=O) groups is 1. The van der Waals surface area contributed by atoms with Crippen LogP contribution in [-0.2, 0) is 14.8 Å². The molecule has 0 aliphatic carbocycles. The van der Waals surface area contributed by atoms with Crippen molar-refractivity contribution in [2.75, 3.05) is 6.26 Å². The van der Waals surface area contributed by atoms with E-state index in [2.05, 4.69) is 0 Å². The molecule has 0 fully saturated rings. The largest absolute Gasteiger partial charge is 0.407 e. The van der Waals surface area contributed by atoms with Crippen molar-refractivity contribution in [3.05, 3.63) is 35.6 Å². The molecule has 2 N–H and O–H groups in total. The van der Waals surface area contributed by atoms with Crippen molar-refractivity contribution in [2.24, 2.45) is 0 Å². The molecule has 0 aromatic heterocycles. The van der Waals surface area contributed by atoms with Crippen LogP contribution in [0.1, 0.15) is 18.5 Å². The highest BCUT2D eigenvalue weighted by Crippen LogP contribution is 2.33. The number of nitrogens with one attached hydrogen (secondary N) is 2. The van der Waals surface area contributed by atoms with Crippen LogP contribution in [-0.4, -0.2) is 32.8 Å². The Balaban J connectivity index is 2.96. The molecule has 0 spiro atoms. The third-order valence-electron chi connectivity index (χ3n) is 2.63. The van der Waals surface area contributed by atoms with E-state index in [4.69, 9.17) is 0 Å². The van der Waals surface area contributed by atoms with E-state index < -0.39 is 40.0 Å². The molecule has 1 amide bonds. The van der Waals surface area contributed by atoms with Gasteiger partial charge in [-0.25, -0.2) is 12.8 Å². The topological polar surface area (TPSA) is 75.3 Å². The minimum atomic E-state index is -4.75. The van der Waals surface area contributed by atoms with Gasteiger partial charge in [-0.1, -0.05) is 12.1 Å². The molecule has 0 aliphatic rings. The highest BCUT2D eigenvalue weighted by Gasteiger charge is 2.42. The standard InChI is InChI=1S/C12H14F4N2O3S/c1-7(11(19)18-22(2,20)21)17-10(12(14,15)16)8-3-5-9(13)6-4-8/h3-7,10,17H,1-2H3,(H,18,19)/t7-,10-/m0/s1. The summed E-state index contributed by atoms with van der Waals surface area (Å²) in [7, 11) is -3.88. The summed E-state index contributed by atoms with van der Waals surface area (Å²) in [4.78, 5) is 11.5. The summed E-state index contributed by atoms with van der Waals surface area (Å²) in [5, 5.41) is 1.99. The van der Waals surface area contributed by atoms with E-state index in [1.54, 1.807) is 4.72 Å². The number of carbonyl (C=O) groups excluding carboxylic acids is 1. The van der Waals surface area contributed by atoms with Gasteiger partial charge in [0.1, 0.15) is 11.9 Å². The lowest BCUT2D eigenvalue weighted by Crippen LogP contribution is -2.48. The number of hydrogen-bond acceptors (Lipinski definition) is 4. The van der Waals surface area contributed by atoms with Crippen molar-refractivity contribution in [1.29, 1.82) is 0 Å². The summed E-state index contributed by atoms with van der Waals surface area (Å²) in [5.74, 6) is -1.83. The van der Waals surface area contributed by atoms with Gasteiger partial charge < -0.3 is 0 Å². The zero-order valence-electron chi connectivity index (χ0n) is 11.6. The summed E-state index contributed by atoms with van der Waals surface area (Å²) in [6.07, 6.45) is -4.05. The predicted molar refractivity (Wildman–Crippen MR) is 70.8 cm³/mol. The molecule has 0 heterocycles. The molecule has 1 aromatic carbocycles. The molecular weight excluding hydrogens is 328 g/mol. The van der Waals surface area contributed by atoms with Gasteiger partial charge >= 0.3 is 6.18 Å². The lowest BCUT2D eigenvalue weighted by atomic mass is 10.1. The fraction of sp³-hybridized carbons (Fsp3) is 0.417. The lowest BCUT2D eigenvalue weighted by molar-refractivity contribution is -0.160. The van der Waals surface area contributed by atoms with E-state index in [0.29, 0.717) is 6.26 Å². The van der Waals surface area contributed by atoms with Crippen LogP contribution in [0.3, 0.4) is 0 Å². The lowest BCUT2D eigenvalue weighted by Gasteiger charge is -2.25. The highest BCUT2D eigenvalue weighted by molar-refractivity contribution is 7.89. The van der Waals surface area contributed by atoms with Gasteiger partial charge in [0.15, 0.2) is 0 Å². The number of sulfonamides is 1. The Morgan fingerprint density at radius 2 is 1.68 bits per heavy atom. The molecule has 22 heavy (non-hydrogen) atoms. The van der Waals surface area contributed by atoms with Crippen LogP contribution in [0.2, 0.25) is 0 Å². The van der Waals surface area contributed by atoms with Crippen LogP contribution < -0.4 is 10.0 Å². The third kappa shape index (κ3) is 5.60. The van der Waals surface area contributed by atoms with Gasteiger partial charge in [-0.05, 0) is 24.6 Å². The van der Waals surface area contributed by atoms with Gasteiger partial charge in [-0.2, -0.15) is 13.2 Å². The number of halogens is 4. The molecule has 1 rings (SSSR count). The van der Waals surface area contributed by atoms with E-state index in [9.17, 15) is 30.8 Å². The summed E-state index contributed by atoms with van der Waals surface area (Å²) in [6, 6.07) is -0.100. The van der Waals surface area contributed by atoms with Crippen molar-refractivity contribution in [2.45, 2.75) is 25.2 Å². The van der Waals surface area contributed by atoms with Gasteiger partial charge in [0, 0.05) is 0 Å². The maximum absolute atomic E-state index is 13.1. The van der Waals surface area contributed by atoms with Gasteiger partial charge in [-0.3, -0.25) is 14.8 Å². The fourth-order valence-electron chi connectivity index (χ4n) is 1.63. The third-order valence-corrected chi connectivity index (χ3v) is 3.20. The second-order valence-corrected chi connectivity index (χ2v) is 6.40. The van der Waals surface area contributed by atoms with Crippen molar-refractivity contribution < 1.29 is 30.8 Å². The molecule has 2 atom stereocenters. The Labute approximate surface area is 124 Å². The molecule has 0 saturated carbocycles. The fourth-order valence-corrected chi connectivity index (χ4v) is 2.17. The molecule has 10 heteroatoms. The summed E-state index contributed by atoms with van der Waals surface area (Å²) in [5.41, 5.74) is -0.298. The molecule has 0 bridgehead atoms. The first-order valence-corrected chi connectivity index (χ1v) is 7.89. The zero-order chi connectivity index (χ0) is 17.1. The number of rotatable bonds is 5. The molecule has 0 aliphatic heterocycles. The monoisotopic (exact) mass is 342 g/mol. The van der Waals surface area contributed by atoms with Crippen LogP contribution in [0.5, 0.6) is 0 Å². The van der Waals surface area contributed by atoms with Crippen molar-refractivity contribution in [3.8, 4) is 0 Å². The van der Waals surface area contributed by atoms with E-state index >= 15 is 0 Å². The average molecular weight is 342 g/mol. The van der Waals surface area contributed by atoms with Crippen LogP contribution >= 0.6 is 0 Å². The Morgan fingerprint density at radius 3 is 2.09 bits per heavy atom. The Morgan fingerprint density at radius 1 is 1.18 bits per heavy atom. The Hall–Kier alpha value is -1.68. The molecule has 1 aromatic rings. The smallest absolute Gasteiger partial charge is 0.291 e. The van der Waals surface area contributed by atoms with Crippen molar-refractivity contribution in [3.63, 3.8) is 0 Å². The normalized spacial score (nSPS) is 15.2. The van der Waals surface area contributed by atoms with Crippen molar-refractivity contribution in [1.82, 2.24) is 10.0 Å². The molecule has 5 nitrogen and oxygen atoms in total. The van der Waals surface area contributed by atoms with Gasteiger partial charge in [0.05, 0.1) is 12.3 Å². The average Bonchev–Trinajstić information content (AvgIpc) is 2.33. The number of alkyl halides is 3. The van der Waals surface area contributed by atoms with Crippen LogP contribution in [0.4, 0.5) is 17.6 Å². The van der Waals surface area contributed by atoms with E-state index in [0.717, 1.165) is 31.2 Å². The quantitative estimate of drug-likeness (QED) is 0.795. The minimum absolute atomic E-state index is 0.298. The summed E-state index contributed by atoms with van der Waals surface area (Å²) < 4.78 is 75.4. The van der Waals surface area contributed by atoms with Crippen LogP contribution in [0.15, 0.2) is 24.3 Å². The van der Waals surface area contributed by atoms with Gasteiger partial charge in [-0.15, -0.1) is 0 Å². The van der Waals surface area contributed by atoms with Crippen LogP contribution in [0.25, 0.3) is 0 Å². The minimum Gasteiger partial charge on any atom is -0.291 e. The first kappa shape index (κ1) is 18.4. The summed E-state index contributed by atoms with van der Waals surface area (Å²) in [6.45, 7) is 1.09. The maximum atomic E-state index is 13.1. The van der Waals surface area contributed by atoms with E-state index in [1.165, 1.54) is 0 Å². The molecule has 0 unspecified atom stereocenters. The Bertz CT molecular complexity index is 629. The molecule has 124 valence electrons. The number of hydrogen-bond donors (Lipinski definition) is 2. The number of benzene rings is 1. The zero-order valence-corrected chi connectivity index (χ0v) is 12.4. The van der Waals surface area contributed by atoms with E-state index in [-0.39, 0.29) is 5.56 Å². The first-order valence-electron chi connectivity index (χ1n) is 6.00. The van der Waals surface area contributed by atoms with Gasteiger partial charge in [0.2, 0.25) is 15.9 Å². The number of amides is 1. The van der Waals surface area contributed by atoms with Crippen molar-refractivity contribution >= 4 is 15.9 Å². The molecular formula is C12H14F4N2O3S. The highest BCUT2D eigenvalue weighted by atomic mass is 32.2. The second kappa shape index (κ2) is 6.61. The SMILES string of the molecule is C[C@H](N[C@@H](c1ccc(F)cc1)C(F)(F)F)C(=O)NS(C)(=O)=O. The Kier molecular flexibility index (Phi) is 5.52.